The van der Waals surface area contributed by atoms with Crippen molar-refractivity contribution in [3.63, 3.8) is 0 Å². The standard InChI is InChI=1S/C21H20N2O3/c1-14(15-8-10-17(26-2)11-9-15)12-19(24)18-13-20(25)23-21(22-18)16-6-4-3-5-7-16/h3-11,13-14H,12H2,1-2H3,(H,22,23,25)/t14-/m0/s1. The van der Waals surface area contributed by atoms with Gasteiger partial charge in [-0.25, -0.2) is 4.98 Å². The molecule has 0 amide bonds. The van der Waals surface area contributed by atoms with Gasteiger partial charge >= 0.3 is 0 Å². The summed E-state index contributed by atoms with van der Waals surface area (Å²) < 4.78 is 5.15. The molecule has 1 heterocycles. The third-order valence-corrected chi connectivity index (χ3v) is 4.25. The second kappa shape index (κ2) is 7.78. The van der Waals surface area contributed by atoms with Gasteiger partial charge in [0.25, 0.3) is 5.56 Å². The first-order chi connectivity index (χ1) is 12.6. The number of rotatable bonds is 6. The van der Waals surface area contributed by atoms with Gasteiger partial charge in [0, 0.05) is 18.1 Å². The zero-order valence-electron chi connectivity index (χ0n) is 14.7. The molecule has 1 atom stereocenters. The minimum Gasteiger partial charge on any atom is -0.497 e. The van der Waals surface area contributed by atoms with Crippen LogP contribution in [0.1, 0.15) is 35.3 Å². The molecule has 3 aromatic rings. The summed E-state index contributed by atoms with van der Waals surface area (Å²) in [7, 11) is 1.62. The molecule has 0 fully saturated rings. The quantitative estimate of drug-likeness (QED) is 0.687. The summed E-state index contributed by atoms with van der Waals surface area (Å²) in [5.41, 5.74) is 1.65. The zero-order valence-corrected chi connectivity index (χ0v) is 14.7. The number of benzene rings is 2. The van der Waals surface area contributed by atoms with Crippen molar-refractivity contribution in [2.75, 3.05) is 7.11 Å². The molecule has 0 radical (unpaired) electrons. The highest BCUT2D eigenvalue weighted by Crippen LogP contribution is 2.23. The SMILES string of the molecule is COc1ccc([C@@H](C)CC(=O)c2cc(=O)[nH]c(-c3ccccc3)n2)cc1. The van der Waals surface area contributed by atoms with Crippen molar-refractivity contribution in [3.05, 3.63) is 82.3 Å². The number of hydrogen-bond donors (Lipinski definition) is 1. The van der Waals surface area contributed by atoms with E-state index in [1.54, 1.807) is 7.11 Å². The van der Waals surface area contributed by atoms with Crippen molar-refractivity contribution < 1.29 is 9.53 Å². The predicted octanol–water partition coefficient (Wildman–Crippen LogP) is 3.82. The maximum Gasteiger partial charge on any atom is 0.251 e. The van der Waals surface area contributed by atoms with Gasteiger partial charge in [-0.3, -0.25) is 9.59 Å². The Balaban J connectivity index is 1.81. The summed E-state index contributed by atoms with van der Waals surface area (Å²) in [6.45, 7) is 1.98. The van der Waals surface area contributed by atoms with E-state index in [2.05, 4.69) is 9.97 Å². The number of H-pyrrole nitrogens is 1. The molecule has 26 heavy (non-hydrogen) atoms. The molecule has 0 spiro atoms. The number of nitrogens with zero attached hydrogens (tertiary/aromatic N) is 1. The Morgan fingerprint density at radius 1 is 1.12 bits per heavy atom. The van der Waals surface area contributed by atoms with E-state index in [9.17, 15) is 9.59 Å². The molecule has 0 aliphatic rings. The maximum atomic E-state index is 12.6. The molecule has 0 unspecified atom stereocenters. The lowest BCUT2D eigenvalue weighted by atomic mass is 9.94. The summed E-state index contributed by atoms with van der Waals surface area (Å²) in [6.07, 6.45) is 0.275. The fourth-order valence-electron chi connectivity index (χ4n) is 2.77. The first kappa shape index (κ1) is 17.6. The Morgan fingerprint density at radius 3 is 2.46 bits per heavy atom. The highest BCUT2D eigenvalue weighted by atomic mass is 16.5. The van der Waals surface area contributed by atoms with E-state index in [0.717, 1.165) is 16.9 Å². The van der Waals surface area contributed by atoms with E-state index in [4.69, 9.17) is 4.74 Å². The normalized spacial score (nSPS) is 11.8. The first-order valence-corrected chi connectivity index (χ1v) is 8.41. The second-order valence-electron chi connectivity index (χ2n) is 6.15. The van der Waals surface area contributed by atoms with Crippen LogP contribution in [0.4, 0.5) is 0 Å². The van der Waals surface area contributed by atoms with Crippen LogP contribution < -0.4 is 10.3 Å². The Hall–Kier alpha value is -3.21. The fraction of sp³-hybridized carbons (Fsp3) is 0.190. The van der Waals surface area contributed by atoms with Gasteiger partial charge in [-0.1, -0.05) is 49.4 Å². The third kappa shape index (κ3) is 4.06. The lowest BCUT2D eigenvalue weighted by Crippen LogP contribution is -2.15. The topological polar surface area (TPSA) is 72.1 Å². The van der Waals surface area contributed by atoms with Crippen LogP contribution in [0.3, 0.4) is 0 Å². The lowest BCUT2D eigenvalue weighted by molar-refractivity contribution is 0.0970. The van der Waals surface area contributed by atoms with E-state index in [-0.39, 0.29) is 29.4 Å². The Kier molecular flexibility index (Phi) is 5.27. The maximum absolute atomic E-state index is 12.6. The second-order valence-corrected chi connectivity index (χ2v) is 6.15. The highest BCUT2D eigenvalue weighted by molar-refractivity contribution is 5.95. The molecule has 0 saturated carbocycles. The average molecular weight is 348 g/mol. The van der Waals surface area contributed by atoms with Crippen molar-refractivity contribution in [3.8, 4) is 17.1 Å². The summed E-state index contributed by atoms with van der Waals surface area (Å²) in [6, 6.07) is 18.2. The van der Waals surface area contributed by atoms with E-state index in [1.807, 2.05) is 61.5 Å². The molecular formula is C21H20N2O3. The smallest absolute Gasteiger partial charge is 0.251 e. The number of Topliss-reactive ketones (excluding diaryl/α,β-unsaturated/α-hetero) is 1. The van der Waals surface area contributed by atoms with Crippen molar-refractivity contribution in [2.24, 2.45) is 0 Å². The molecule has 2 aromatic carbocycles. The Morgan fingerprint density at radius 2 is 1.81 bits per heavy atom. The average Bonchev–Trinajstić information content (AvgIpc) is 2.68. The number of methoxy groups -OCH3 is 1. The molecular weight excluding hydrogens is 328 g/mol. The molecule has 132 valence electrons. The number of hydrogen-bond acceptors (Lipinski definition) is 4. The number of carbonyl (C=O) groups excluding carboxylic acids is 1. The summed E-state index contributed by atoms with van der Waals surface area (Å²) in [5, 5.41) is 0. The number of aromatic nitrogens is 2. The van der Waals surface area contributed by atoms with E-state index in [1.165, 1.54) is 6.07 Å². The minimum atomic E-state index is -0.334. The summed E-state index contributed by atoms with van der Waals surface area (Å²) >= 11 is 0. The fourth-order valence-corrected chi connectivity index (χ4v) is 2.77. The third-order valence-electron chi connectivity index (χ3n) is 4.25. The molecule has 1 aromatic heterocycles. The van der Waals surface area contributed by atoms with Gasteiger partial charge < -0.3 is 9.72 Å². The summed E-state index contributed by atoms with van der Waals surface area (Å²) in [5.74, 6) is 1.03. The Bertz CT molecular complexity index is 947. The number of ketones is 1. The molecule has 0 aliphatic carbocycles. The van der Waals surface area contributed by atoms with E-state index >= 15 is 0 Å². The molecule has 5 heteroatoms. The van der Waals surface area contributed by atoms with Crippen molar-refractivity contribution >= 4 is 5.78 Å². The Labute approximate surface area is 151 Å². The van der Waals surface area contributed by atoms with Crippen LogP contribution in [0.25, 0.3) is 11.4 Å². The van der Waals surface area contributed by atoms with Crippen LogP contribution in [0.5, 0.6) is 5.75 Å². The van der Waals surface area contributed by atoms with Crippen LogP contribution in [-0.4, -0.2) is 22.9 Å². The summed E-state index contributed by atoms with van der Waals surface area (Å²) in [4.78, 5) is 31.6. The molecule has 0 saturated heterocycles. The van der Waals surface area contributed by atoms with E-state index < -0.39 is 0 Å². The molecule has 3 rings (SSSR count). The number of carbonyl (C=O) groups is 1. The lowest BCUT2D eigenvalue weighted by Gasteiger charge is -2.12. The van der Waals surface area contributed by atoms with Gasteiger partial charge in [0.05, 0.1) is 7.11 Å². The molecule has 0 bridgehead atoms. The zero-order chi connectivity index (χ0) is 18.5. The van der Waals surface area contributed by atoms with Gasteiger partial charge in [0.1, 0.15) is 17.3 Å². The minimum absolute atomic E-state index is 0.00895. The van der Waals surface area contributed by atoms with Crippen molar-refractivity contribution in [1.29, 1.82) is 0 Å². The van der Waals surface area contributed by atoms with Gasteiger partial charge in [-0.15, -0.1) is 0 Å². The van der Waals surface area contributed by atoms with E-state index in [0.29, 0.717) is 5.82 Å². The molecule has 0 aliphatic heterocycles. The van der Waals surface area contributed by atoms with Gasteiger partial charge in [0.2, 0.25) is 0 Å². The van der Waals surface area contributed by atoms with Gasteiger partial charge in [-0.05, 0) is 23.6 Å². The van der Waals surface area contributed by atoms with Crippen LogP contribution in [0.15, 0.2) is 65.5 Å². The number of nitrogens with one attached hydrogen (secondary N) is 1. The monoisotopic (exact) mass is 348 g/mol. The largest absolute Gasteiger partial charge is 0.497 e. The van der Waals surface area contributed by atoms with Crippen molar-refractivity contribution in [1.82, 2.24) is 9.97 Å². The first-order valence-electron chi connectivity index (χ1n) is 8.41. The van der Waals surface area contributed by atoms with Crippen LogP contribution in [-0.2, 0) is 0 Å². The van der Waals surface area contributed by atoms with Crippen molar-refractivity contribution in [2.45, 2.75) is 19.3 Å². The molecule has 1 N–H and O–H groups in total. The number of aromatic amines is 1. The van der Waals surface area contributed by atoms with Crippen LogP contribution >= 0.6 is 0 Å². The highest BCUT2D eigenvalue weighted by Gasteiger charge is 2.16. The van der Waals surface area contributed by atoms with Gasteiger partial charge in [0.15, 0.2) is 5.78 Å². The van der Waals surface area contributed by atoms with Gasteiger partial charge in [-0.2, -0.15) is 0 Å². The van der Waals surface area contributed by atoms with Crippen LogP contribution in [0.2, 0.25) is 0 Å². The predicted molar refractivity (Wildman–Crippen MR) is 101 cm³/mol. The van der Waals surface area contributed by atoms with Crippen LogP contribution in [0, 0.1) is 0 Å². The number of ether oxygens (including phenoxy) is 1. The molecule has 5 nitrogen and oxygen atoms in total.